The molecule has 0 aromatic heterocycles. The van der Waals surface area contributed by atoms with E-state index in [9.17, 15) is 0 Å². The van der Waals surface area contributed by atoms with Gasteiger partial charge in [0, 0.05) is 37.9 Å². The second-order valence-electron chi connectivity index (χ2n) is 7.29. The lowest BCUT2D eigenvalue weighted by Gasteiger charge is -2.26. The first-order chi connectivity index (χ1) is 13.2. The Balaban J connectivity index is 1.41. The SMILES string of the molecule is CN1C=C(c2ccc(Cl)cc2)C(Cc2ccc(CN3CCOCC3)cc2)N1. The summed E-state index contributed by atoms with van der Waals surface area (Å²) in [6, 6.07) is 17.4. The monoisotopic (exact) mass is 383 g/mol. The van der Waals surface area contributed by atoms with Crippen molar-refractivity contribution < 1.29 is 4.74 Å². The number of nitrogens with zero attached hydrogens (tertiary/aromatic N) is 2. The molecular formula is C22H26ClN3O. The van der Waals surface area contributed by atoms with Gasteiger partial charge >= 0.3 is 0 Å². The van der Waals surface area contributed by atoms with E-state index in [2.05, 4.69) is 52.9 Å². The number of halogens is 1. The fraction of sp³-hybridized carbons (Fsp3) is 0.364. The van der Waals surface area contributed by atoms with E-state index < -0.39 is 0 Å². The summed E-state index contributed by atoms with van der Waals surface area (Å²) in [7, 11) is 2.04. The highest BCUT2D eigenvalue weighted by Crippen LogP contribution is 2.27. The normalized spacial score (nSPS) is 20.7. The molecule has 2 aromatic rings. The summed E-state index contributed by atoms with van der Waals surface area (Å²) >= 11 is 6.04. The van der Waals surface area contributed by atoms with Gasteiger partial charge in [0.15, 0.2) is 0 Å². The van der Waals surface area contributed by atoms with Crippen LogP contribution in [0.15, 0.2) is 54.7 Å². The molecule has 142 valence electrons. The van der Waals surface area contributed by atoms with Gasteiger partial charge in [0.05, 0.1) is 19.3 Å². The fourth-order valence-electron chi connectivity index (χ4n) is 3.76. The number of morpholine rings is 1. The van der Waals surface area contributed by atoms with Crippen molar-refractivity contribution in [2.45, 2.75) is 19.0 Å². The van der Waals surface area contributed by atoms with Crippen LogP contribution in [0.5, 0.6) is 0 Å². The molecule has 0 spiro atoms. The second-order valence-corrected chi connectivity index (χ2v) is 7.73. The van der Waals surface area contributed by atoms with Crippen LogP contribution in [0.4, 0.5) is 0 Å². The lowest BCUT2D eigenvalue weighted by atomic mass is 9.95. The number of nitrogens with one attached hydrogen (secondary N) is 1. The van der Waals surface area contributed by atoms with E-state index in [1.54, 1.807) is 0 Å². The molecule has 2 aliphatic heterocycles. The molecule has 2 aromatic carbocycles. The van der Waals surface area contributed by atoms with Gasteiger partial charge in [0.1, 0.15) is 0 Å². The molecule has 27 heavy (non-hydrogen) atoms. The van der Waals surface area contributed by atoms with E-state index >= 15 is 0 Å². The van der Waals surface area contributed by atoms with Gasteiger partial charge in [-0.05, 0) is 40.8 Å². The van der Waals surface area contributed by atoms with Crippen LogP contribution in [0.2, 0.25) is 5.02 Å². The lowest BCUT2D eigenvalue weighted by molar-refractivity contribution is 0.0342. The summed E-state index contributed by atoms with van der Waals surface area (Å²) in [6.07, 6.45) is 3.12. The molecule has 1 saturated heterocycles. The maximum Gasteiger partial charge on any atom is 0.0594 e. The molecule has 1 atom stereocenters. The van der Waals surface area contributed by atoms with Gasteiger partial charge in [-0.1, -0.05) is 48.0 Å². The minimum absolute atomic E-state index is 0.265. The number of hydrazine groups is 1. The van der Waals surface area contributed by atoms with E-state index in [0.29, 0.717) is 0 Å². The summed E-state index contributed by atoms with van der Waals surface area (Å²) in [4.78, 5) is 2.45. The molecule has 1 unspecified atom stereocenters. The molecular weight excluding hydrogens is 358 g/mol. The average molecular weight is 384 g/mol. The third-order valence-corrected chi connectivity index (χ3v) is 5.47. The molecule has 0 saturated carbocycles. The first-order valence-electron chi connectivity index (χ1n) is 9.52. The Labute approximate surface area is 166 Å². The summed E-state index contributed by atoms with van der Waals surface area (Å²) in [5.41, 5.74) is 8.75. The number of benzene rings is 2. The topological polar surface area (TPSA) is 27.7 Å². The highest BCUT2D eigenvalue weighted by atomic mass is 35.5. The smallest absolute Gasteiger partial charge is 0.0594 e. The second kappa shape index (κ2) is 8.44. The van der Waals surface area contributed by atoms with Crippen LogP contribution in [0.25, 0.3) is 5.57 Å². The predicted molar refractivity (Wildman–Crippen MR) is 110 cm³/mol. The van der Waals surface area contributed by atoms with Crippen molar-refractivity contribution in [2.75, 3.05) is 33.4 Å². The highest BCUT2D eigenvalue weighted by Gasteiger charge is 2.23. The van der Waals surface area contributed by atoms with E-state index in [1.807, 2.05) is 24.2 Å². The van der Waals surface area contributed by atoms with Crippen molar-refractivity contribution in [2.24, 2.45) is 0 Å². The summed E-state index contributed by atoms with van der Waals surface area (Å²) in [5, 5.41) is 2.81. The molecule has 2 aliphatic rings. The summed E-state index contributed by atoms with van der Waals surface area (Å²) in [6.45, 7) is 4.74. The largest absolute Gasteiger partial charge is 0.379 e. The van der Waals surface area contributed by atoms with Crippen LogP contribution in [0.1, 0.15) is 16.7 Å². The zero-order valence-corrected chi connectivity index (χ0v) is 16.5. The molecule has 0 aliphatic carbocycles. The van der Waals surface area contributed by atoms with Crippen molar-refractivity contribution in [3.63, 3.8) is 0 Å². The Bertz CT molecular complexity index is 782. The maximum atomic E-state index is 6.04. The van der Waals surface area contributed by atoms with Crippen LogP contribution in [-0.4, -0.2) is 49.3 Å². The number of hydrogen-bond acceptors (Lipinski definition) is 4. The Morgan fingerprint density at radius 3 is 2.37 bits per heavy atom. The Hall–Kier alpha value is -1.85. The van der Waals surface area contributed by atoms with Crippen molar-refractivity contribution in [1.82, 2.24) is 15.3 Å². The summed E-state index contributed by atoms with van der Waals surface area (Å²) < 4.78 is 5.43. The zero-order chi connectivity index (χ0) is 18.6. The number of ether oxygens (including phenoxy) is 1. The molecule has 4 nitrogen and oxygen atoms in total. The summed E-state index contributed by atoms with van der Waals surface area (Å²) in [5.74, 6) is 0. The van der Waals surface area contributed by atoms with Crippen LogP contribution < -0.4 is 5.43 Å². The van der Waals surface area contributed by atoms with E-state index in [0.717, 1.165) is 44.3 Å². The Morgan fingerprint density at radius 2 is 1.67 bits per heavy atom. The van der Waals surface area contributed by atoms with E-state index in [1.165, 1.54) is 22.3 Å². The van der Waals surface area contributed by atoms with Crippen molar-refractivity contribution in [1.29, 1.82) is 0 Å². The van der Waals surface area contributed by atoms with Gasteiger partial charge in [-0.15, -0.1) is 0 Å². The molecule has 0 amide bonds. The Morgan fingerprint density at radius 1 is 1.00 bits per heavy atom. The van der Waals surface area contributed by atoms with Gasteiger partial charge in [-0.2, -0.15) is 0 Å². The van der Waals surface area contributed by atoms with Crippen LogP contribution in [-0.2, 0) is 17.7 Å². The molecule has 1 N–H and O–H groups in total. The molecule has 4 rings (SSSR count). The predicted octanol–water partition coefficient (Wildman–Crippen LogP) is 3.57. The minimum atomic E-state index is 0.265. The quantitative estimate of drug-likeness (QED) is 0.854. The lowest BCUT2D eigenvalue weighted by Crippen LogP contribution is -2.35. The van der Waals surface area contributed by atoms with Crippen LogP contribution in [0, 0.1) is 0 Å². The van der Waals surface area contributed by atoms with Crippen molar-refractivity contribution in [3.8, 4) is 0 Å². The minimum Gasteiger partial charge on any atom is -0.379 e. The number of rotatable bonds is 5. The average Bonchev–Trinajstić information content (AvgIpc) is 3.05. The van der Waals surface area contributed by atoms with Gasteiger partial charge in [-0.3, -0.25) is 4.90 Å². The van der Waals surface area contributed by atoms with Gasteiger partial charge in [-0.25, -0.2) is 5.43 Å². The van der Waals surface area contributed by atoms with Gasteiger partial charge < -0.3 is 9.75 Å². The van der Waals surface area contributed by atoms with E-state index in [-0.39, 0.29) is 6.04 Å². The van der Waals surface area contributed by atoms with E-state index in [4.69, 9.17) is 16.3 Å². The number of hydrogen-bond donors (Lipinski definition) is 1. The van der Waals surface area contributed by atoms with Crippen molar-refractivity contribution >= 4 is 17.2 Å². The fourth-order valence-corrected chi connectivity index (χ4v) is 3.88. The highest BCUT2D eigenvalue weighted by molar-refractivity contribution is 6.30. The molecule has 0 radical (unpaired) electrons. The molecule has 0 bridgehead atoms. The van der Waals surface area contributed by atoms with Crippen molar-refractivity contribution in [3.05, 3.63) is 76.4 Å². The first-order valence-corrected chi connectivity index (χ1v) is 9.90. The zero-order valence-electron chi connectivity index (χ0n) is 15.7. The maximum absolute atomic E-state index is 6.04. The first kappa shape index (κ1) is 18.5. The standard InChI is InChI=1S/C22H26ClN3O/c1-25-16-21(19-6-8-20(23)9-7-19)22(24-25)14-17-2-4-18(5-3-17)15-26-10-12-27-13-11-26/h2-9,16,22,24H,10-15H2,1H3. The van der Waals surface area contributed by atoms with Gasteiger partial charge in [0.25, 0.3) is 0 Å². The van der Waals surface area contributed by atoms with Crippen LogP contribution in [0.3, 0.4) is 0 Å². The van der Waals surface area contributed by atoms with Gasteiger partial charge in [0.2, 0.25) is 0 Å². The van der Waals surface area contributed by atoms with Crippen LogP contribution >= 0.6 is 11.6 Å². The molecule has 5 heteroatoms. The molecule has 2 heterocycles. The third kappa shape index (κ3) is 4.71. The Kier molecular flexibility index (Phi) is 5.79. The molecule has 1 fully saturated rings. The third-order valence-electron chi connectivity index (χ3n) is 5.22.